The number of hydrogen-bond acceptors (Lipinski definition) is 2. The molecular weight excluding hydrogens is 230 g/mol. The number of rotatable bonds is 2. The summed E-state index contributed by atoms with van der Waals surface area (Å²) in [6.07, 6.45) is 0. The van der Waals surface area contributed by atoms with Gasteiger partial charge in [0.2, 0.25) is 0 Å². The lowest BCUT2D eigenvalue weighted by atomic mass is 10.3. The Morgan fingerprint density at radius 2 is 2.13 bits per heavy atom. The number of carbonyl (C=O) groups is 1. The molecule has 0 unspecified atom stereocenters. The molecule has 0 spiro atoms. The summed E-state index contributed by atoms with van der Waals surface area (Å²) in [7, 11) is 0. The Balaban J connectivity index is 2.13. The molecule has 0 fully saturated rings. The van der Waals surface area contributed by atoms with Gasteiger partial charge in [-0.15, -0.1) is 11.3 Å². The van der Waals surface area contributed by atoms with Crippen molar-refractivity contribution in [3.8, 4) is 0 Å². The topological polar surface area (TPSA) is 29.1 Å². The molecule has 1 N–H and O–H groups in total. The van der Waals surface area contributed by atoms with Gasteiger partial charge in [-0.25, -0.2) is 0 Å². The highest BCUT2D eigenvalue weighted by Gasteiger charge is 2.06. The van der Waals surface area contributed by atoms with E-state index in [4.69, 9.17) is 11.6 Å². The summed E-state index contributed by atoms with van der Waals surface area (Å²) in [6.45, 7) is 0. The van der Waals surface area contributed by atoms with E-state index in [9.17, 15) is 4.79 Å². The minimum absolute atomic E-state index is 0.104. The Morgan fingerprint density at radius 3 is 2.80 bits per heavy atom. The second-order valence-corrected chi connectivity index (χ2v) is 4.33. The molecule has 1 aromatic carbocycles. The van der Waals surface area contributed by atoms with Gasteiger partial charge in [-0.1, -0.05) is 23.7 Å². The van der Waals surface area contributed by atoms with Crippen molar-refractivity contribution in [1.29, 1.82) is 0 Å². The molecule has 1 amide bonds. The summed E-state index contributed by atoms with van der Waals surface area (Å²) in [5, 5.41) is 5.25. The highest BCUT2D eigenvalue weighted by Crippen LogP contribution is 2.17. The van der Waals surface area contributed by atoms with E-state index in [0.717, 1.165) is 0 Å². The number of hydrogen-bond donors (Lipinski definition) is 1. The smallest absolute Gasteiger partial charge is 0.265 e. The third-order valence-corrected chi connectivity index (χ3v) is 2.93. The molecule has 15 heavy (non-hydrogen) atoms. The molecule has 4 heteroatoms. The van der Waals surface area contributed by atoms with E-state index in [2.05, 4.69) is 5.32 Å². The average molecular weight is 238 g/mol. The van der Waals surface area contributed by atoms with E-state index < -0.39 is 0 Å². The summed E-state index contributed by atoms with van der Waals surface area (Å²) in [5.74, 6) is -0.104. The Morgan fingerprint density at radius 1 is 1.27 bits per heavy atom. The van der Waals surface area contributed by atoms with Crippen molar-refractivity contribution in [2.45, 2.75) is 0 Å². The molecule has 0 aliphatic carbocycles. The van der Waals surface area contributed by atoms with Crippen molar-refractivity contribution in [2.24, 2.45) is 0 Å². The molecule has 0 saturated heterocycles. The van der Waals surface area contributed by atoms with Crippen LogP contribution in [0.3, 0.4) is 0 Å². The van der Waals surface area contributed by atoms with E-state index in [-0.39, 0.29) is 5.91 Å². The number of nitrogens with one attached hydrogen (secondary N) is 1. The largest absolute Gasteiger partial charge is 0.321 e. The maximum absolute atomic E-state index is 11.6. The summed E-state index contributed by atoms with van der Waals surface area (Å²) in [5.41, 5.74) is 0.709. The van der Waals surface area contributed by atoms with Crippen molar-refractivity contribution in [1.82, 2.24) is 0 Å². The van der Waals surface area contributed by atoms with Crippen molar-refractivity contribution >= 4 is 34.5 Å². The predicted molar refractivity (Wildman–Crippen MR) is 63.7 cm³/mol. The lowest BCUT2D eigenvalue weighted by molar-refractivity contribution is 0.103. The first-order valence-corrected chi connectivity index (χ1v) is 5.62. The fourth-order valence-electron chi connectivity index (χ4n) is 1.17. The molecule has 0 atom stereocenters. The maximum atomic E-state index is 11.6. The summed E-state index contributed by atoms with van der Waals surface area (Å²) in [4.78, 5) is 12.3. The molecule has 2 rings (SSSR count). The highest BCUT2D eigenvalue weighted by molar-refractivity contribution is 7.12. The third kappa shape index (κ3) is 2.58. The molecule has 2 aromatic rings. The predicted octanol–water partition coefficient (Wildman–Crippen LogP) is 3.65. The van der Waals surface area contributed by atoms with E-state index >= 15 is 0 Å². The minimum atomic E-state index is -0.104. The molecule has 2 nitrogen and oxygen atoms in total. The number of carbonyl (C=O) groups excluding carboxylic acids is 1. The van der Waals surface area contributed by atoms with Crippen LogP contribution >= 0.6 is 22.9 Å². The van der Waals surface area contributed by atoms with Gasteiger partial charge >= 0.3 is 0 Å². The molecule has 1 heterocycles. The van der Waals surface area contributed by atoms with Gasteiger partial charge in [0.05, 0.1) is 4.88 Å². The summed E-state index contributed by atoms with van der Waals surface area (Å²) >= 11 is 7.21. The van der Waals surface area contributed by atoms with E-state index in [0.29, 0.717) is 15.6 Å². The summed E-state index contributed by atoms with van der Waals surface area (Å²) in [6, 6.07) is 10.7. The Bertz CT molecular complexity index is 467. The van der Waals surface area contributed by atoms with Crippen LogP contribution in [0, 0.1) is 0 Å². The molecular formula is C11H8ClNOS. The first-order chi connectivity index (χ1) is 7.25. The minimum Gasteiger partial charge on any atom is -0.321 e. The van der Waals surface area contributed by atoms with Crippen LogP contribution in [0.1, 0.15) is 9.67 Å². The van der Waals surface area contributed by atoms with Crippen molar-refractivity contribution < 1.29 is 4.79 Å². The van der Waals surface area contributed by atoms with E-state index in [1.807, 2.05) is 11.4 Å². The molecule has 0 saturated carbocycles. The van der Waals surface area contributed by atoms with Gasteiger partial charge in [0.15, 0.2) is 0 Å². The molecule has 0 radical (unpaired) electrons. The van der Waals surface area contributed by atoms with Crippen LogP contribution in [0.25, 0.3) is 0 Å². The van der Waals surface area contributed by atoms with Crippen molar-refractivity contribution in [3.05, 3.63) is 51.7 Å². The maximum Gasteiger partial charge on any atom is 0.265 e. The molecule has 0 bridgehead atoms. The van der Waals surface area contributed by atoms with E-state index in [1.54, 1.807) is 30.3 Å². The second-order valence-electron chi connectivity index (χ2n) is 2.94. The van der Waals surface area contributed by atoms with Crippen molar-refractivity contribution in [2.75, 3.05) is 5.32 Å². The lowest BCUT2D eigenvalue weighted by Crippen LogP contribution is -2.09. The zero-order chi connectivity index (χ0) is 10.7. The van der Waals surface area contributed by atoms with Crippen LogP contribution in [0.4, 0.5) is 5.69 Å². The fourth-order valence-corrected chi connectivity index (χ4v) is 1.98. The SMILES string of the molecule is O=C(Nc1cccc(Cl)c1)c1cccs1. The number of benzene rings is 1. The number of amides is 1. The Kier molecular flexibility index (Phi) is 3.04. The molecule has 0 aliphatic heterocycles. The van der Waals surface area contributed by atoms with Gasteiger partial charge in [-0.05, 0) is 29.6 Å². The first kappa shape index (κ1) is 10.2. The molecule has 76 valence electrons. The number of thiophene rings is 1. The molecule has 1 aromatic heterocycles. The van der Waals surface area contributed by atoms with Gasteiger partial charge in [-0.3, -0.25) is 4.79 Å². The zero-order valence-electron chi connectivity index (χ0n) is 7.74. The van der Waals surface area contributed by atoms with Gasteiger partial charge < -0.3 is 5.32 Å². The first-order valence-electron chi connectivity index (χ1n) is 4.36. The second kappa shape index (κ2) is 4.47. The van der Waals surface area contributed by atoms with Gasteiger partial charge in [0.1, 0.15) is 0 Å². The highest BCUT2D eigenvalue weighted by atomic mass is 35.5. The molecule has 0 aliphatic rings. The van der Waals surface area contributed by atoms with Gasteiger partial charge in [0, 0.05) is 10.7 Å². The Hall–Kier alpha value is -1.32. The number of halogens is 1. The quantitative estimate of drug-likeness (QED) is 0.849. The van der Waals surface area contributed by atoms with Crippen molar-refractivity contribution in [3.63, 3.8) is 0 Å². The lowest BCUT2D eigenvalue weighted by Gasteiger charge is -2.03. The zero-order valence-corrected chi connectivity index (χ0v) is 9.31. The van der Waals surface area contributed by atoms with Crippen LogP contribution in [-0.4, -0.2) is 5.91 Å². The van der Waals surface area contributed by atoms with Gasteiger partial charge in [0.25, 0.3) is 5.91 Å². The summed E-state index contributed by atoms with van der Waals surface area (Å²) < 4.78 is 0. The van der Waals surface area contributed by atoms with Crippen LogP contribution in [0.2, 0.25) is 5.02 Å². The Labute approximate surface area is 96.5 Å². The van der Waals surface area contributed by atoms with Crippen LogP contribution in [0.15, 0.2) is 41.8 Å². The standard InChI is InChI=1S/C11H8ClNOS/c12-8-3-1-4-9(7-8)13-11(14)10-5-2-6-15-10/h1-7H,(H,13,14). The third-order valence-electron chi connectivity index (χ3n) is 1.83. The van der Waals surface area contributed by atoms with Gasteiger partial charge in [-0.2, -0.15) is 0 Å². The van der Waals surface area contributed by atoms with E-state index in [1.165, 1.54) is 11.3 Å². The van der Waals surface area contributed by atoms with Crippen LogP contribution in [-0.2, 0) is 0 Å². The average Bonchev–Trinajstić information content (AvgIpc) is 2.70. The van der Waals surface area contributed by atoms with Crippen LogP contribution in [0.5, 0.6) is 0 Å². The fraction of sp³-hybridized carbons (Fsp3) is 0. The normalized spacial score (nSPS) is 9.93. The monoisotopic (exact) mass is 237 g/mol. The van der Waals surface area contributed by atoms with Crippen LogP contribution < -0.4 is 5.32 Å². The number of anilines is 1.